The van der Waals surface area contributed by atoms with E-state index in [1.165, 1.54) is 29.7 Å². The maximum atomic E-state index is 10.9. The Morgan fingerprint density at radius 2 is 2.21 bits per heavy atom. The molecule has 2 heteroatoms. The second-order valence-electron chi connectivity index (χ2n) is 4.13. The van der Waals surface area contributed by atoms with Crippen LogP contribution in [-0.2, 0) is 17.6 Å². The highest BCUT2D eigenvalue weighted by Gasteiger charge is 2.32. The molecule has 2 aliphatic rings. The molecule has 1 aromatic carbocycles. The number of anilines is 1. The number of nitrogens with zero attached hydrogens (tertiary/aromatic N) is 1. The molecule has 1 atom stereocenters. The van der Waals surface area contributed by atoms with Gasteiger partial charge in [0.15, 0.2) is 0 Å². The number of hydrogen-bond donors (Lipinski definition) is 0. The lowest BCUT2D eigenvalue weighted by Gasteiger charge is -2.29. The number of aldehydes is 1. The van der Waals surface area contributed by atoms with Crippen LogP contribution in [0.3, 0.4) is 0 Å². The largest absolute Gasteiger partial charge is 0.361 e. The summed E-state index contributed by atoms with van der Waals surface area (Å²) in [5.41, 5.74) is 4.15. The Bertz CT molecular complexity index is 386. The average Bonchev–Trinajstić information content (AvgIpc) is 2.60. The van der Waals surface area contributed by atoms with Gasteiger partial charge >= 0.3 is 0 Å². The van der Waals surface area contributed by atoms with E-state index in [1.54, 1.807) is 0 Å². The lowest BCUT2D eigenvalue weighted by atomic mass is 10.0. The predicted octanol–water partition coefficient (Wildman–Crippen LogP) is 1.56. The Hall–Kier alpha value is -1.31. The van der Waals surface area contributed by atoms with Crippen molar-refractivity contribution in [1.29, 1.82) is 0 Å². The van der Waals surface area contributed by atoms with Gasteiger partial charge in [-0.25, -0.2) is 0 Å². The topological polar surface area (TPSA) is 20.3 Å². The van der Waals surface area contributed by atoms with E-state index in [4.69, 9.17) is 0 Å². The van der Waals surface area contributed by atoms with Gasteiger partial charge in [-0.15, -0.1) is 0 Å². The molecule has 72 valence electrons. The summed E-state index contributed by atoms with van der Waals surface area (Å²) in [4.78, 5) is 13.2. The molecule has 0 amide bonds. The van der Waals surface area contributed by atoms with E-state index in [1.807, 2.05) is 0 Å². The summed E-state index contributed by atoms with van der Waals surface area (Å²) in [5, 5.41) is 0. The van der Waals surface area contributed by atoms with Crippen molar-refractivity contribution in [2.75, 3.05) is 11.4 Å². The number of para-hydroxylation sites is 1. The van der Waals surface area contributed by atoms with Gasteiger partial charge in [-0.3, -0.25) is 0 Å². The summed E-state index contributed by atoms with van der Waals surface area (Å²) < 4.78 is 0. The molecule has 1 unspecified atom stereocenters. The molecule has 0 N–H and O–H groups in total. The highest BCUT2D eigenvalue weighted by atomic mass is 16.1. The van der Waals surface area contributed by atoms with Crippen molar-refractivity contribution in [3.63, 3.8) is 0 Å². The van der Waals surface area contributed by atoms with E-state index in [0.29, 0.717) is 0 Å². The predicted molar refractivity (Wildman–Crippen MR) is 55.7 cm³/mol. The molecule has 14 heavy (non-hydrogen) atoms. The van der Waals surface area contributed by atoms with Crippen LogP contribution >= 0.6 is 0 Å². The summed E-state index contributed by atoms with van der Waals surface area (Å²) in [6, 6.07) is 6.57. The first-order chi connectivity index (χ1) is 6.90. The minimum atomic E-state index is 0.103. The van der Waals surface area contributed by atoms with Crippen molar-refractivity contribution in [1.82, 2.24) is 0 Å². The first-order valence-electron chi connectivity index (χ1n) is 5.23. The Balaban J connectivity index is 2.16. The number of carbonyl (C=O) groups excluding carboxylic acids is 1. The third kappa shape index (κ3) is 0.939. The van der Waals surface area contributed by atoms with Crippen molar-refractivity contribution < 1.29 is 4.79 Å². The molecule has 1 aromatic rings. The number of rotatable bonds is 1. The second-order valence-corrected chi connectivity index (χ2v) is 4.13. The zero-order valence-electron chi connectivity index (χ0n) is 8.07. The summed E-state index contributed by atoms with van der Waals surface area (Å²) in [5.74, 6) is 0. The van der Waals surface area contributed by atoms with Gasteiger partial charge in [0.05, 0.1) is 6.04 Å². The van der Waals surface area contributed by atoms with Gasteiger partial charge in [0, 0.05) is 18.7 Å². The molecule has 0 radical (unpaired) electrons. The van der Waals surface area contributed by atoms with E-state index < -0.39 is 0 Å². The van der Waals surface area contributed by atoms with Crippen LogP contribution in [-0.4, -0.2) is 18.9 Å². The summed E-state index contributed by atoms with van der Waals surface area (Å²) in [6.45, 7) is 1.05. The first kappa shape index (κ1) is 8.04. The molecule has 0 fully saturated rings. The zero-order valence-corrected chi connectivity index (χ0v) is 8.07. The van der Waals surface area contributed by atoms with Crippen molar-refractivity contribution >= 4 is 12.0 Å². The first-order valence-corrected chi connectivity index (χ1v) is 5.23. The average molecular weight is 187 g/mol. The normalized spacial score (nSPS) is 23.4. The lowest BCUT2D eigenvalue weighted by Crippen LogP contribution is -2.36. The summed E-state index contributed by atoms with van der Waals surface area (Å²) in [6.07, 6.45) is 4.35. The number of aryl methyl sites for hydroxylation is 1. The SMILES string of the molecule is O=CC1Cc2cccc3c2N1CCC3. The van der Waals surface area contributed by atoms with Crippen LogP contribution in [0.4, 0.5) is 5.69 Å². The molecule has 0 spiro atoms. The quantitative estimate of drug-likeness (QED) is 0.622. The Kier molecular flexibility index (Phi) is 1.63. The maximum absolute atomic E-state index is 10.9. The Labute approximate surface area is 83.5 Å². The zero-order chi connectivity index (χ0) is 9.54. The third-order valence-corrected chi connectivity index (χ3v) is 3.32. The van der Waals surface area contributed by atoms with E-state index in [-0.39, 0.29) is 6.04 Å². The Morgan fingerprint density at radius 3 is 3.07 bits per heavy atom. The number of carbonyl (C=O) groups is 1. The van der Waals surface area contributed by atoms with Crippen LogP contribution in [0.5, 0.6) is 0 Å². The molecule has 0 bridgehead atoms. The fourth-order valence-electron chi connectivity index (χ4n) is 2.72. The molecule has 0 aliphatic carbocycles. The highest BCUT2D eigenvalue weighted by molar-refractivity contribution is 5.76. The van der Waals surface area contributed by atoms with E-state index in [9.17, 15) is 4.79 Å². The van der Waals surface area contributed by atoms with Gasteiger partial charge in [0.25, 0.3) is 0 Å². The molecule has 2 aliphatic heterocycles. The van der Waals surface area contributed by atoms with Gasteiger partial charge in [0.1, 0.15) is 6.29 Å². The molecule has 2 heterocycles. The van der Waals surface area contributed by atoms with Crippen molar-refractivity contribution in [3.05, 3.63) is 29.3 Å². The van der Waals surface area contributed by atoms with Crippen LogP contribution in [0, 0.1) is 0 Å². The minimum Gasteiger partial charge on any atom is -0.361 e. The van der Waals surface area contributed by atoms with Crippen molar-refractivity contribution in [2.24, 2.45) is 0 Å². The fraction of sp³-hybridized carbons (Fsp3) is 0.417. The fourth-order valence-corrected chi connectivity index (χ4v) is 2.72. The van der Waals surface area contributed by atoms with Crippen LogP contribution in [0.1, 0.15) is 17.5 Å². The number of hydrogen-bond acceptors (Lipinski definition) is 2. The molecular formula is C12H13NO. The molecule has 2 nitrogen and oxygen atoms in total. The third-order valence-electron chi connectivity index (χ3n) is 3.32. The maximum Gasteiger partial charge on any atom is 0.142 e. The van der Waals surface area contributed by atoms with E-state index >= 15 is 0 Å². The van der Waals surface area contributed by atoms with Gasteiger partial charge in [-0.2, -0.15) is 0 Å². The summed E-state index contributed by atoms with van der Waals surface area (Å²) in [7, 11) is 0. The van der Waals surface area contributed by atoms with Crippen LogP contribution in [0.25, 0.3) is 0 Å². The lowest BCUT2D eigenvalue weighted by molar-refractivity contribution is -0.108. The standard InChI is InChI=1S/C12H13NO/c14-8-11-7-10-4-1-3-9-5-2-6-13(11)12(9)10/h1,3-4,8,11H,2,5-7H2. The van der Waals surface area contributed by atoms with Crippen molar-refractivity contribution in [2.45, 2.75) is 25.3 Å². The highest BCUT2D eigenvalue weighted by Crippen LogP contribution is 2.38. The van der Waals surface area contributed by atoms with Crippen LogP contribution in [0.2, 0.25) is 0 Å². The second kappa shape index (κ2) is 2.84. The van der Waals surface area contributed by atoms with Gasteiger partial charge in [-0.05, 0) is 24.0 Å². The minimum absolute atomic E-state index is 0.103. The molecule has 0 saturated carbocycles. The molecule has 0 aromatic heterocycles. The van der Waals surface area contributed by atoms with Crippen LogP contribution < -0.4 is 4.90 Å². The molecule has 0 saturated heterocycles. The smallest absolute Gasteiger partial charge is 0.142 e. The van der Waals surface area contributed by atoms with E-state index in [0.717, 1.165) is 19.3 Å². The van der Waals surface area contributed by atoms with Gasteiger partial charge in [-0.1, -0.05) is 18.2 Å². The van der Waals surface area contributed by atoms with Crippen LogP contribution in [0.15, 0.2) is 18.2 Å². The van der Waals surface area contributed by atoms with E-state index in [2.05, 4.69) is 23.1 Å². The summed E-state index contributed by atoms with van der Waals surface area (Å²) >= 11 is 0. The molecular weight excluding hydrogens is 174 g/mol. The monoisotopic (exact) mass is 187 g/mol. The Morgan fingerprint density at radius 1 is 1.36 bits per heavy atom. The van der Waals surface area contributed by atoms with Crippen molar-refractivity contribution in [3.8, 4) is 0 Å². The van der Waals surface area contributed by atoms with Gasteiger partial charge in [0.2, 0.25) is 0 Å². The van der Waals surface area contributed by atoms with Gasteiger partial charge < -0.3 is 9.69 Å². The molecule has 3 rings (SSSR count). The number of benzene rings is 1.